The third kappa shape index (κ3) is 3.68. The van der Waals surface area contributed by atoms with Gasteiger partial charge in [-0.2, -0.15) is 0 Å². The molecule has 0 bridgehead atoms. The Morgan fingerprint density at radius 3 is 2.65 bits per heavy atom. The van der Waals surface area contributed by atoms with Gasteiger partial charge in [0.1, 0.15) is 6.04 Å². The third-order valence-electron chi connectivity index (χ3n) is 8.23. The van der Waals surface area contributed by atoms with Crippen molar-refractivity contribution in [1.82, 2.24) is 15.1 Å². The van der Waals surface area contributed by atoms with Crippen LogP contribution in [0.1, 0.15) is 66.4 Å². The first-order valence-corrected chi connectivity index (χ1v) is 11.7. The maximum absolute atomic E-state index is 13.0. The Morgan fingerprint density at radius 1 is 1.10 bits per heavy atom. The molecular weight excluding hydrogens is 392 g/mol. The molecule has 3 amide bonds. The molecule has 3 N–H and O–H groups in total. The summed E-state index contributed by atoms with van der Waals surface area (Å²) in [5.41, 5.74) is 9.33. The number of nitrogens with one attached hydrogen (secondary N) is 1. The highest BCUT2D eigenvalue weighted by Crippen LogP contribution is 2.50. The summed E-state index contributed by atoms with van der Waals surface area (Å²) in [7, 11) is 0. The lowest BCUT2D eigenvalue weighted by molar-refractivity contribution is -0.136. The van der Waals surface area contributed by atoms with E-state index < -0.39 is 6.04 Å². The van der Waals surface area contributed by atoms with Gasteiger partial charge in [0.05, 0.1) is 0 Å². The summed E-state index contributed by atoms with van der Waals surface area (Å²) in [5, 5.41) is 2.36. The van der Waals surface area contributed by atoms with Crippen LogP contribution >= 0.6 is 0 Å². The number of hydrogen-bond donors (Lipinski definition) is 2. The molecule has 166 valence electrons. The van der Waals surface area contributed by atoms with E-state index in [4.69, 9.17) is 5.73 Å². The van der Waals surface area contributed by atoms with E-state index in [0.29, 0.717) is 29.9 Å². The van der Waals surface area contributed by atoms with Gasteiger partial charge in [-0.15, -0.1) is 0 Å². The Bertz CT molecular complexity index is 906. The molecule has 3 heterocycles. The number of imide groups is 1. The number of piperidine rings is 2. The van der Waals surface area contributed by atoms with E-state index in [1.807, 2.05) is 12.1 Å². The van der Waals surface area contributed by atoms with E-state index in [1.165, 1.54) is 32.1 Å². The van der Waals surface area contributed by atoms with E-state index in [1.54, 1.807) is 4.90 Å². The molecule has 1 saturated carbocycles. The fourth-order valence-electron chi connectivity index (χ4n) is 6.35. The van der Waals surface area contributed by atoms with Crippen LogP contribution in [-0.2, 0) is 22.7 Å². The van der Waals surface area contributed by atoms with Crippen LogP contribution in [0.5, 0.6) is 0 Å². The van der Waals surface area contributed by atoms with Crippen LogP contribution in [0.2, 0.25) is 0 Å². The van der Waals surface area contributed by atoms with Gasteiger partial charge in [-0.05, 0) is 80.3 Å². The van der Waals surface area contributed by atoms with Crippen LogP contribution < -0.4 is 11.1 Å². The molecule has 2 unspecified atom stereocenters. The molecule has 1 aliphatic carbocycles. The molecule has 2 atom stereocenters. The lowest BCUT2D eigenvalue weighted by Crippen LogP contribution is -2.52. The first-order chi connectivity index (χ1) is 15.0. The molecule has 3 aliphatic heterocycles. The van der Waals surface area contributed by atoms with Gasteiger partial charge < -0.3 is 10.6 Å². The number of carbonyl (C=O) groups excluding carboxylic acids is 3. The Labute approximate surface area is 183 Å². The number of benzene rings is 1. The van der Waals surface area contributed by atoms with Gasteiger partial charge in [0, 0.05) is 25.1 Å². The molecule has 1 aromatic carbocycles. The fraction of sp³-hybridized carbons (Fsp3) is 0.625. The molecule has 7 nitrogen and oxygen atoms in total. The summed E-state index contributed by atoms with van der Waals surface area (Å²) in [4.78, 5) is 40.8. The van der Waals surface area contributed by atoms with Gasteiger partial charge in [0.25, 0.3) is 5.91 Å². The van der Waals surface area contributed by atoms with Crippen LogP contribution in [0.15, 0.2) is 18.2 Å². The number of likely N-dealkylation sites (tertiary alicyclic amines) is 1. The minimum atomic E-state index is -0.554. The van der Waals surface area contributed by atoms with Gasteiger partial charge in [-0.25, -0.2) is 0 Å². The molecule has 5 rings (SSSR count). The van der Waals surface area contributed by atoms with Crippen molar-refractivity contribution in [3.05, 3.63) is 34.9 Å². The number of nitrogens with two attached hydrogens (primary N) is 1. The number of carbonyl (C=O) groups is 3. The Balaban J connectivity index is 1.23. The highest BCUT2D eigenvalue weighted by atomic mass is 16.2. The minimum Gasteiger partial charge on any atom is -0.330 e. The standard InChI is InChI=1S/C24H32N4O3/c25-13-18-2-1-7-24(18)8-10-27(11-9-24)14-16-3-4-17-15-28(23(31)19(17)12-16)20-5-6-21(29)26-22(20)30/h3-4,12,18,20H,1-2,5-11,13-15,25H2,(H,26,29,30). The van der Waals surface area contributed by atoms with Gasteiger partial charge in [-0.1, -0.05) is 18.6 Å². The maximum atomic E-state index is 13.0. The average Bonchev–Trinajstić information content (AvgIpc) is 3.31. The van der Waals surface area contributed by atoms with E-state index in [2.05, 4.69) is 16.3 Å². The predicted octanol–water partition coefficient (Wildman–Crippen LogP) is 1.79. The van der Waals surface area contributed by atoms with E-state index in [-0.39, 0.29) is 24.1 Å². The number of amides is 3. The molecule has 3 fully saturated rings. The summed E-state index contributed by atoms with van der Waals surface area (Å²) in [6, 6.07) is 5.59. The maximum Gasteiger partial charge on any atom is 0.255 e. The molecule has 0 aromatic heterocycles. The fourth-order valence-corrected chi connectivity index (χ4v) is 6.35. The number of rotatable bonds is 4. The van der Waals surface area contributed by atoms with Crippen molar-refractivity contribution in [3.63, 3.8) is 0 Å². The lowest BCUT2D eigenvalue weighted by atomic mass is 9.70. The molecule has 7 heteroatoms. The van der Waals surface area contributed by atoms with Gasteiger partial charge >= 0.3 is 0 Å². The lowest BCUT2D eigenvalue weighted by Gasteiger charge is -2.43. The van der Waals surface area contributed by atoms with E-state index >= 15 is 0 Å². The zero-order valence-corrected chi connectivity index (χ0v) is 18.1. The smallest absolute Gasteiger partial charge is 0.255 e. The van der Waals surface area contributed by atoms with Crippen LogP contribution in [0.4, 0.5) is 0 Å². The monoisotopic (exact) mass is 424 g/mol. The van der Waals surface area contributed by atoms with Crippen LogP contribution in [0.25, 0.3) is 0 Å². The van der Waals surface area contributed by atoms with Crippen LogP contribution in [-0.4, -0.2) is 53.2 Å². The molecule has 1 aromatic rings. The molecule has 31 heavy (non-hydrogen) atoms. The SMILES string of the molecule is NCC1CCCC12CCN(Cc1ccc3c(c1)C(=O)N(C1CCC(=O)NC1=O)C3)CC2. The number of fused-ring (bicyclic) bond motifs is 1. The zero-order chi connectivity index (χ0) is 21.6. The summed E-state index contributed by atoms with van der Waals surface area (Å²) in [6.07, 6.45) is 7.06. The molecule has 2 saturated heterocycles. The van der Waals surface area contributed by atoms with Gasteiger partial charge in [0.2, 0.25) is 11.8 Å². The highest BCUT2D eigenvalue weighted by molar-refractivity contribution is 6.05. The second kappa shape index (κ2) is 8.02. The Hall–Kier alpha value is -2.25. The zero-order valence-electron chi connectivity index (χ0n) is 18.1. The van der Waals surface area contributed by atoms with Crippen molar-refractivity contribution >= 4 is 17.7 Å². The van der Waals surface area contributed by atoms with Crippen molar-refractivity contribution in [1.29, 1.82) is 0 Å². The summed E-state index contributed by atoms with van der Waals surface area (Å²) < 4.78 is 0. The van der Waals surface area contributed by atoms with Crippen molar-refractivity contribution in [3.8, 4) is 0 Å². The number of nitrogens with zero attached hydrogens (tertiary/aromatic N) is 2. The topological polar surface area (TPSA) is 95.7 Å². The summed E-state index contributed by atoms with van der Waals surface area (Å²) in [5.74, 6) is -0.0276. The van der Waals surface area contributed by atoms with Gasteiger partial charge in [0.15, 0.2) is 0 Å². The first-order valence-electron chi connectivity index (χ1n) is 11.7. The number of hydrogen-bond acceptors (Lipinski definition) is 5. The molecule has 1 spiro atoms. The second-order valence-corrected chi connectivity index (χ2v) is 9.85. The average molecular weight is 425 g/mol. The first kappa shape index (κ1) is 20.6. The third-order valence-corrected chi connectivity index (χ3v) is 8.23. The summed E-state index contributed by atoms with van der Waals surface area (Å²) >= 11 is 0. The van der Waals surface area contributed by atoms with Crippen molar-refractivity contribution in [2.45, 2.75) is 64.1 Å². The van der Waals surface area contributed by atoms with E-state index in [9.17, 15) is 14.4 Å². The molecule has 0 radical (unpaired) electrons. The minimum absolute atomic E-state index is 0.0966. The largest absolute Gasteiger partial charge is 0.330 e. The molecule has 4 aliphatic rings. The van der Waals surface area contributed by atoms with Crippen LogP contribution in [0, 0.1) is 11.3 Å². The molecular formula is C24H32N4O3. The van der Waals surface area contributed by atoms with Gasteiger partial charge in [-0.3, -0.25) is 24.6 Å². The highest BCUT2D eigenvalue weighted by Gasteiger charge is 2.44. The van der Waals surface area contributed by atoms with Crippen molar-refractivity contribution < 1.29 is 14.4 Å². The Kier molecular flexibility index (Phi) is 5.34. The Morgan fingerprint density at radius 2 is 1.90 bits per heavy atom. The van der Waals surface area contributed by atoms with Crippen molar-refractivity contribution in [2.24, 2.45) is 17.1 Å². The quantitative estimate of drug-likeness (QED) is 0.719. The predicted molar refractivity (Wildman–Crippen MR) is 116 cm³/mol. The second-order valence-electron chi connectivity index (χ2n) is 9.85. The normalized spacial score (nSPS) is 28.3. The van der Waals surface area contributed by atoms with E-state index in [0.717, 1.165) is 37.3 Å². The van der Waals surface area contributed by atoms with Crippen LogP contribution in [0.3, 0.4) is 0 Å². The summed E-state index contributed by atoms with van der Waals surface area (Å²) in [6.45, 7) is 4.28. The van der Waals surface area contributed by atoms with Crippen molar-refractivity contribution in [2.75, 3.05) is 19.6 Å².